The Balaban J connectivity index is 1.74. The number of amides is 1. The molecular formula is C21H32N2O6. The zero-order chi connectivity index (χ0) is 20.9. The van der Waals surface area contributed by atoms with Crippen LogP contribution in [0.15, 0.2) is 18.3 Å². The lowest BCUT2D eigenvalue weighted by molar-refractivity contribution is -0.237. The first-order valence-electron chi connectivity index (χ1n) is 10.2. The predicted octanol–water partition coefficient (Wildman–Crippen LogP) is 1.75. The summed E-state index contributed by atoms with van der Waals surface area (Å²) in [5.74, 6) is 1.26. The molecule has 3 rings (SSSR count). The zero-order valence-electron chi connectivity index (χ0n) is 17.5. The minimum atomic E-state index is -1.23. The average Bonchev–Trinajstić information content (AvgIpc) is 2.73. The number of rotatable bonds is 10. The minimum absolute atomic E-state index is 0.0560. The Labute approximate surface area is 172 Å². The fourth-order valence-electron chi connectivity index (χ4n) is 4.25. The van der Waals surface area contributed by atoms with Gasteiger partial charge in [0, 0.05) is 38.6 Å². The van der Waals surface area contributed by atoms with Crippen LogP contribution >= 0.6 is 0 Å². The second kappa shape index (κ2) is 9.84. The van der Waals surface area contributed by atoms with E-state index in [-0.39, 0.29) is 38.6 Å². The highest BCUT2D eigenvalue weighted by Crippen LogP contribution is 2.38. The number of nitrogens with zero attached hydrogens (tertiary/aromatic N) is 2. The van der Waals surface area contributed by atoms with Crippen molar-refractivity contribution < 1.29 is 28.8 Å². The number of methoxy groups -OCH3 is 2. The molecule has 8 nitrogen and oxygen atoms in total. The van der Waals surface area contributed by atoms with Crippen molar-refractivity contribution in [2.45, 2.75) is 56.8 Å². The number of likely N-dealkylation sites (tertiary alicyclic amines) is 1. The number of aromatic nitrogens is 1. The molecule has 1 N–H and O–H groups in total. The molecule has 162 valence electrons. The van der Waals surface area contributed by atoms with Crippen LogP contribution in [0, 0.1) is 5.92 Å². The zero-order valence-corrected chi connectivity index (χ0v) is 17.5. The molecule has 0 aromatic carbocycles. The number of β-lactam (4-membered cyclic amide) rings is 1. The van der Waals surface area contributed by atoms with Gasteiger partial charge in [0.25, 0.3) is 5.91 Å². The smallest absolute Gasteiger partial charge is 0.259 e. The Hall–Kier alpha value is -1.74. The van der Waals surface area contributed by atoms with Crippen molar-refractivity contribution in [2.75, 3.05) is 34.4 Å². The van der Waals surface area contributed by atoms with Crippen LogP contribution in [0.4, 0.5) is 0 Å². The summed E-state index contributed by atoms with van der Waals surface area (Å²) in [4.78, 5) is 18.7. The molecule has 2 fully saturated rings. The lowest BCUT2D eigenvalue weighted by Crippen LogP contribution is -2.77. The number of pyridine rings is 1. The molecule has 2 aliphatic rings. The molecule has 2 heterocycles. The lowest BCUT2D eigenvalue weighted by Gasteiger charge is -2.54. The van der Waals surface area contributed by atoms with Gasteiger partial charge in [-0.15, -0.1) is 0 Å². The van der Waals surface area contributed by atoms with Gasteiger partial charge in [0.05, 0.1) is 18.8 Å². The van der Waals surface area contributed by atoms with Gasteiger partial charge in [-0.3, -0.25) is 9.78 Å². The van der Waals surface area contributed by atoms with Gasteiger partial charge in [0.1, 0.15) is 19.3 Å². The molecule has 8 heteroatoms. The van der Waals surface area contributed by atoms with Crippen molar-refractivity contribution in [2.24, 2.45) is 5.92 Å². The van der Waals surface area contributed by atoms with Crippen LogP contribution in [0.1, 0.15) is 38.3 Å². The minimum Gasteiger partial charge on any atom is -0.490 e. The second-order valence-corrected chi connectivity index (χ2v) is 7.99. The quantitative estimate of drug-likeness (QED) is 0.466. The van der Waals surface area contributed by atoms with E-state index in [4.69, 9.17) is 18.9 Å². The fourth-order valence-corrected chi connectivity index (χ4v) is 4.25. The van der Waals surface area contributed by atoms with Crippen LogP contribution < -0.4 is 4.74 Å². The topological polar surface area (TPSA) is 90.4 Å². The first-order valence-corrected chi connectivity index (χ1v) is 10.2. The van der Waals surface area contributed by atoms with Gasteiger partial charge in [-0.25, -0.2) is 0 Å². The fraction of sp³-hybridized carbons (Fsp3) is 0.714. The second-order valence-electron chi connectivity index (χ2n) is 7.99. The molecular weight excluding hydrogens is 376 g/mol. The number of carbonyl (C=O) groups is 1. The first-order chi connectivity index (χ1) is 14.0. The van der Waals surface area contributed by atoms with Gasteiger partial charge < -0.3 is 29.0 Å². The summed E-state index contributed by atoms with van der Waals surface area (Å²) in [6, 6.07) is 3.17. The summed E-state index contributed by atoms with van der Waals surface area (Å²) < 4.78 is 22.1. The molecule has 1 amide bonds. The van der Waals surface area contributed by atoms with Crippen LogP contribution in [-0.2, 0) is 25.4 Å². The highest BCUT2D eigenvalue weighted by molar-refractivity contribution is 5.93. The van der Waals surface area contributed by atoms with Crippen LogP contribution in [-0.4, -0.2) is 73.0 Å². The van der Waals surface area contributed by atoms with Crippen molar-refractivity contribution in [1.29, 1.82) is 0 Å². The number of aliphatic hydroxyl groups excluding tert-OH is 1. The van der Waals surface area contributed by atoms with Crippen molar-refractivity contribution in [1.82, 2.24) is 9.88 Å². The summed E-state index contributed by atoms with van der Waals surface area (Å²) >= 11 is 0. The summed E-state index contributed by atoms with van der Waals surface area (Å²) in [6.07, 6.45) is 6.59. The summed E-state index contributed by atoms with van der Waals surface area (Å²) in [6.45, 7) is 2.08. The maximum absolute atomic E-state index is 12.9. The number of hydrogen-bond donors (Lipinski definition) is 1. The Morgan fingerprint density at radius 2 is 2.00 bits per heavy atom. The van der Waals surface area contributed by atoms with Crippen LogP contribution in [0.2, 0.25) is 0 Å². The molecule has 1 aliphatic heterocycles. The van der Waals surface area contributed by atoms with E-state index in [1.54, 1.807) is 6.20 Å². The maximum atomic E-state index is 12.9. The van der Waals surface area contributed by atoms with Crippen molar-refractivity contribution in [3.8, 4) is 5.75 Å². The highest BCUT2D eigenvalue weighted by Gasteiger charge is 2.62. The van der Waals surface area contributed by atoms with Gasteiger partial charge in [-0.2, -0.15) is 0 Å². The van der Waals surface area contributed by atoms with Gasteiger partial charge in [-0.1, -0.05) is 6.92 Å². The molecule has 1 aliphatic carbocycles. The average molecular weight is 408 g/mol. The largest absolute Gasteiger partial charge is 0.490 e. The van der Waals surface area contributed by atoms with Gasteiger partial charge in [0.15, 0.2) is 5.60 Å². The normalized spacial score (nSPS) is 29.6. The third-order valence-electron chi connectivity index (χ3n) is 5.91. The third-order valence-corrected chi connectivity index (χ3v) is 5.91. The lowest BCUT2D eigenvalue weighted by atomic mass is 9.79. The SMILES string of the molecule is COCO[C@@]1(Cc2cc(O[C@H]3CC[C@H](C)CC3)ccn2)C(=O)N(COC)[C@H]1CO. The Bertz CT molecular complexity index is 679. The summed E-state index contributed by atoms with van der Waals surface area (Å²) in [5, 5.41) is 9.89. The van der Waals surface area contributed by atoms with E-state index >= 15 is 0 Å². The molecule has 0 radical (unpaired) electrons. The van der Waals surface area contributed by atoms with E-state index in [1.807, 2.05) is 12.1 Å². The molecule has 1 aromatic heterocycles. The van der Waals surface area contributed by atoms with Crippen LogP contribution in [0.3, 0.4) is 0 Å². The Kier molecular flexibility index (Phi) is 7.45. The standard InChI is InChI=1S/C21H32N2O6/c1-15-4-6-17(7-5-15)29-18-8-9-22-16(10-18)11-21(28-14-27-3)19(12-24)23(13-26-2)20(21)25/h8-10,15,17,19,24H,4-7,11-14H2,1-3H3/t15-,17-,19-,21+/m0/s1. The number of aliphatic hydroxyl groups is 1. The maximum Gasteiger partial charge on any atom is 0.259 e. The molecule has 29 heavy (non-hydrogen) atoms. The monoisotopic (exact) mass is 408 g/mol. The van der Waals surface area contributed by atoms with E-state index in [9.17, 15) is 9.90 Å². The molecule has 2 atom stereocenters. The van der Waals surface area contributed by atoms with Gasteiger partial charge in [0.2, 0.25) is 0 Å². The molecule has 1 aromatic rings. The third kappa shape index (κ3) is 4.71. The van der Waals surface area contributed by atoms with Gasteiger partial charge >= 0.3 is 0 Å². The van der Waals surface area contributed by atoms with Crippen molar-refractivity contribution in [3.63, 3.8) is 0 Å². The molecule has 0 bridgehead atoms. The van der Waals surface area contributed by atoms with Crippen LogP contribution in [0.25, 0.3) is 0 Å². The number of ether oxygens (including phenoxy) is 4. The van der Waals surface area contributed by atoms with Crippen molar-refractivity contribution in [3.05, 3.63) is 24.0 Å². The van der Waals surface area contributed by atoms with E-state index < -0.39 is 11.6 Å². The van der Waals surface area contributed by atoms with E-state index in [0.29, 0.717) is 5.69 Å². The summed E-state index contributed by atoms with van der Waals surface area (Å²) in [5.41, 5.74) is -0.554. The molecule has 1 saturated carbocycles. The Morgan fingerprint density at radius 3 is 2.66 bits per heavy atom. The first kappa shape index (κ1) is 22.0. The molecule has 0 spiro atoms. The number of hydrogen-bond acceptors (Lipinski definition) is 7. The van der Waals surface area contributed by atoms with E-state index in [1.165, 1.54) is 32.0 Å². The Morgan fingerprint density at radius 1 is 1.24 bits per heavy atom. The highest BCUT2D eigenvalue weighted by atomic mass is 16.7. The summed E-state index contributed by atoms with van der Waals surface area (Å²) in [7, 11) is 3.00. The molecule has 1 saturated heterocycles. The van der Waals surface area contributed by atoms with Gasteiger partial charge in [-0.05, 0) is 37.7 Å². The van der Waals surface area contributed by atoms with Crippen LogP contribution in [0.5, 0.6) is 5.75 Å². The van der Waals surface area contributed by atoms with E-state index in [2.05, 4.69) is 11.9 Å². The number of carbonyl (C=O) groups excluding carboxylic acids is 1. The predicted molar refractivity (Wildman–Crippen MR) is 105 cm³/mol. The molecule has 0 unspecified atom stereocenters. The van der Waals surface area contributed by atoms with Crippen molar-refractivity contribution >= 4 is 5.91 Å². The van der Waals surface area contributed by atoms with E-state index in [0.717, 1.165) is 24.5 Å².